The third-order valence-corrected chi connectivity index (χ3v) is 6.21. The van der Waals surface area contributed by atoms with Crippen molar-refractivity contribution in [2.75, 3.05) is 44.2 Å². The van der Waals surface area contributed by atoms with Crippen LogP contribution in [0.1, 0.15) is 22.4 Å². The van der Waals surface area contributed by atoms with E-state index in [9.17, 15) is 9.59 Å². The first kappa shape index (κ1) is 23.5. The van der Waals surface area contributed by atoms with Crippen LogP contribution >= 0.6 is 0 Å². The topological polar surface area (TPSA) is 108 Å². The molecule has 0 saturated carbocycles. The van der Waals surface area contributed by atoms with Crippen molar-refractivity contribution in [1.82, 2.24) is 14.5 Å². The summed E-state index contributed by atoms with van der Waals surface area (Å²) in [7, 11) is 2.94. The second kappa shape index (κ2) is 9.68. The van der Waals surface area contributed by atoms with Gasteiger partial charge >= 0.3 is 12.1 Å². The average Bonchev–Trinajstić information content (AvgIpc) is 3.17. The average molecular weight is 468 g/mol. The van der Waals surface area contributed by atoms with Gasteiger partial charge in [-0.1, -0.05) is 0 Å². The maximum atomic E-state index is 12.2. The molecule has 3 heterocycles. The molecule has 0 aliphatic carbocycles. The highest BCUT2D eigenvalue weighted by Gasteiger charge is 2.29. The lowest BCUT2D eigenvalue weighted by molar-refractivity contribution is -0.139. The summed E-state index contributed by atoms with van der Waals surface area (Å²) in [5.41, 5.74) is 6.73. The minimum absolute atomic E-state index is 0.157. The van der Waals surface area contributed by atoms with Crippen molar-refractivity contribution in [2.45, 2.75) is 33.7 Å². The third-order valence-electron chi connectivity index (χ3n) is 6.21. The van der Waals surface area contributed by atoms with Gasteiger partial charge in [-0.2, -0.15) is 0 Å². The van der Waals surface area contributed by atoms with E-state index in [2.05, 4.69) is 44.7 Å². The van der Waals surface area contributed by atoms with Crippen molar-refractivity contribution in [1.29, 1.82) is 0 Å². The van der Waals surface area contributed by atoms with Gasteiger partial charge < -0.3 is 23.7 Å². The number of carbonyl (C=O) groups is 2. The summed E-state index contributed by atoms with van der Waals surface area (Å²) < 4.78 is 17.1. The lowest BCUT2D eigenvalue weighted by Gasteiger charge is -2.32. The van der Waals surface area contributed by atoms with Gasteiger partial charge in [0.1, 0.15) is 6.61 Å². The van der Waals surface area contributed by atoms with Gasteiger partial charge in [0.05, 0.1) is 49.4 Å². The predicted molar refractivity (Wildman–Crippen MR) is 128 cm³/mol. The highest BCUT2D eigenvalue weighted by molar-refractivity contribution is 6.00. The summed E-state index contributed by atoms with van der Waals surface area (Å²) in [5.74, 6) is 0.237. The van der Waals surface area contributed by atoms with Gasteiger partial charge in [0.2, 0.25) is 5.95 Å². The van der Waals surface area contributed by atoms with E-state index in [0.29, 0.717) is 24.8 Å². The Kier molecular flexibility index (Phi) is 6.69. The number of benzene rings is 1. The lowest BCUT2D eigenvalue weighted by Crippen LogP contribution is -2.30. The van der Waals surface area contributed by atoms with Crippen molar-refractivity contribution in [3.63, 3.8) is 0 Å². The van der Waals surface area contributed by atoms with Gasteiger partial charge in [-0.05, 0) is 43.5 Å². The second-order valence-electron chi connectivity index (χ2n) is 8.21. The zero-order valence-corrected chi connectivity index (χ0v) is 20.1. The van der Waals surface area contributed by atoms with E-state index < -0.39 is 6.09 Å². The van der Waals surface area contributed by atoms with Crippen molar-refractivity contribution in [3.05, 3.63) is 40.8 Å². The molecule has 0 fully saturated rings. The molecule has 2 aromatic heterocycles. The highest BCUT2D eigenvalue weighted by atomic mass is 16.6. The minimum Gasteiger partial charge on any atom is -0.469 e. The number of ether oxygens (including phenoxy) is 3. The molecular formula is C24H29N5O5. The van der Waals surface area contributed by atoms with E-state index in [1.54, 1.807) is 12.4 Å². The van der Waals surface area contributed by atoms with Gasteiger partial charge in [0.25, 0.3) is 0 Å². The summed E-state index contributed by atoms with van der Waals surface area (Å²) in [5, 5.41) is 3.72. The number of nitrogens with zero attached hydrogens (tertiary/aromatic N) is 4. The SMILES string of the molecule is COCCOC(=O)Nc1cnc(N2CCn3c(C)cc4c(C)c(CC(=O)OC)c(C)c2c43)nc1. The zero-order valence-electron chi connectivity index (χ0n) is 20.1. The van der Waals surface area contributed by atoms with Crippen molar-refractivity contribution >= 4 is 40.3 Å². The molecule has 0 spiro atoms. The van der Waals surface area contributed by atoms with Crippen LogP contribution in [0.4, 0.5) is 22.1 Å². The number of rotatable bonds is 7. The number of esters is 1. The summed E-state index contributed by atoms with van der Waals surface area (Å²) in [4.78, 5) is 35.1. The molecule has 0 saturated heterocycles. The quantitative estimate of drug-likeness (QED) is 0.416. The van der Waals surface area contributed by atoms with E-state index in [1.807, 2.05) is 6.92 Å². The van der Waals surface area contributed by atoms with E-state index in [-0.39, 0.29) is 19.0 Å². The molecule has 0 unspecified atom stereocenters. The molecule has 1 aliphatic heterocycles. The smallest absolute Gasteiger partial charge is 0.411 e. The molecule has 180 valence electrons. The Balaban J connectivity index is 1.70. The fraction of sp³-hybridized carbons (Fsp3) is 0.417. The fourth-order valence-electron chi connectivity index (χ4n) is 4.49. The number of hydrogen-bond acceptors (Lipinski definition) is 8. The number of amides is 1. The van der Waals surface area contributed by atoms with Crippen LogP contribution < -0.4 is 10.2 Å². The fourth-order valence-corrected chi connectivity index (χ4v) is 4.49. The van der Waals surface area contributed by atoms with Crippen LogP contribution in [-0.4, -0.2) is 60.6 Å². The van der Waals surface area contributed by atoms with Gasteiger partial charge in [0, 0.05) is 31.3 Å². The normalized spacial score (nSPS) is 12.7. The standard InChI is InChI=1S/C24H29N5O5/c1-14-10-19-15(2)18(11-20(30)33-5)16(3)21-22(19)28(14)6-7-29(21)23-25-12-17(13-26-23)27-24(31)34-9-8-32-4/h10,12-13H,6-9,11H2,1-5H3,(H,27,31). The largest absolute Gasteiger partial charge is 0.469 e. The minimum atomic E-state index is -0.594. The third kappa shape index (κ3) is 4.28. The van der Waals surface area contributed by atoms with Crippen LogP contribution in [0.25, 0.3) is 10.9 Å². The maximum absolute atomic E-state index is 12.2. The molecule has 3 aromatic rings. The Morgan fingerprint density at radius 3 is 2.47 bits per heavy atom. The Bertz CT molecular complexity index is 1240. The number of aryl methyl sites for hydroxylation is 2. The number of nitrogens with one attached hydrogen (secondary N) is 1. The molecule has 10 nitrogen and oxygen atoms in total. The number of anilines is 3. The highest BCUT2D eigenvalue weighted by Crippen LogP contribution is 2.42. The van der Waals surface area contributed by atoms with E-state index in [0.717, 1.165) is 39.8 Å². The maximum Gasteiger partial charge on any atom is 0.411 e. The Morgan fingerprint density at radius 2 is 1.79 bits per heavy atom. The van der Waals surface area contributed by atoms with Crippen LogP contribution in [-0.2, 0) is 32.0 Å². The Hall–Kier alpha value is -3.66. The van der Waals surface area contributed by atoms with Crippen LogP contribution in [0.15, 0.2) is 18.5 Å². The molecule has 34 heavy (non-hydrogen) atoms. The van der Waals surface area contributed by atoms with Crippen LogP contribution in [0.2, 0.25) is 0 Å². The van der Waals surface area contributed by atoms with E-state index >= 15 is 0 Å². The van der Waals surface area contributed by atoms with Crippen LogP contribution in [0.5, 0.6) is 0 Å². The molecule has 4 rings (SSSR count). The van der Waals surface area contributed by atoms with Crippen molar-refractivity contribution in [3.8, 4) is 0 Å². The second-order valence-corrected chi connectivity index (χ2v) is 8.21. The molecule has 10 heteroatoms. The molecule has 1 aromatic carbocycles. The summed E-state index contributed by atoms with van der Waals surface area (Å²) >= 11 is 0. The monoisotopic (exact) mass is 467 g/mol. The van der Waals surface area contributed by atoms with Gasteiger partial charge in [-0.25, -0.2) is 14.8 Å². The van der Waals surface area contributed by atoms with Gasteiger partial charge in [-0.15, -0.1) is 0 Å². The van der Waals surface area contributed by atoms with E-state index in [1.165, 1.54) is 19.9 Å². The Labute approximate surface area is 197 Å². The number of methoxy groups -OCH3 is 2. The first-order chi connectivity index (χ1) is 16.3. The summed E-state index contributed by atoms with van der Waals surface area (Å²) in [6.45, 7) is 8.10. The first-order valence-electron chi connectivity index (χ1n) is 11.1. The molecule has 0 bridgehead atoms. The number of carbonyl (C=O) groups excluding carboxylic acids is 2. The van der Waals surface area contributed by atoms with E-state index in [4.69, 9.17) is 14.2 Å². The van der Waals surface area contributed by atoms with Crippen LogP contribution in [0, 0.1) is 20.8 Å². The molecule has 1 amide bonds. The lowest BCUT2D eigenvalue weighted by atomic mass is 9.93. The zero-order chi connectivity index (χ0) is 24.4. The van der Waals surface area contributed by atoms with Gasteiger partial charge in [0.15, 0.2) is 0 Å². The van der Waals surface area contributed by atoms with Crippen molar-refractivity contribution < 1.29 is 23.8 Å². The Morgan fingerprint density at radius 1 is 1.06 bits per heavy atom. The summed E-state index contributed by atoms with van der Waals surface area (Å²) in [6.07, 6.45) is 2.71. The number of hydrogen-bond donors (Lipinski definition) is 1. The molecular weight excluding hydrogens is 438 g/mol. The molecule has 0 atom stereocenters. The molecule has 1 N–H and O–H groups in total. The number of aromatic nitrogens is 3. The van der Waals surface area contributed by atoms with Crippen LogP contribution in [0.3, 0.4) is 0 Å². The van der Waals surface area contributed by atoms with Gasteiger partial charge in [-0.3, -0.25) is 10.1 Å². The predicted octanol–water partition coefficient (Wildman–Crippen LogP) is 3.42. The van der Waals surface area contributed by atoms with Crippen molar-refractivity contribution in [2.24, 2.45) is 0 Å². The first-order valence-corrected chi connectivity index (χ1v) is 11.1. The molecule has 0 radical (unpaired) electrons. The summed E-state index contributed by atoms with van der Waals surface area (Å²) in [6, 6.07) is 2.17. The molecule has 1 aliphatic rings.